The first kappa shape index (κ1) is 24.0. The summed E-state index contributed by atoms with van der Waals surface area (Å²) >= 11 is 7.66. The molecule has 0 aliphatic heterocycles. The number of hydrogen-bond donors (Lipinski definition) is 1. The van der Waals surface area contributed by atoms with Gasteiger partial charge in [0.15, 0.2) is 0 Å². The van der Waals surface area contributed by atoms with E-state index in [0.717, 1.165) is 26.4 Å². The summed E-state index contributed by atoms with van der Waals surface area (Å²) in [5.41, 5.74) is 2.89. The van der Waals surface area contributed by atoms with Crippen molar-refractivity contribution in [3.8, 4) is 0 Å². The Morgan fingerprint density at radius 1 is 1.22 bits per heavy atom. The number of benzene rings is 2. The molecule has 0 fully saturated rings. The molecular formula is C24H28ClN3O3S. The number of esters is 1. The van der Waals surface area contributed by atoms with Crippen molar-refractivity contribution in [1.29, 1.82) is 0 Å². The van der Waals surface area contributed by atoms with Gasteiger partial charge in [0.2, 0.25) is 0 Å². The fourth-order valence-electron chi connectivity index (χ4n) is 3.35. The summed E-state index contributed by atoms with van der Waals surface area (Å²) in [6.07, 6.45) is 0.117. The fourth-order valence-corrected chi connectivity index (χ4v) is 4.60. The molecule has 8 heteroatoms. The predicted octanol–water partition coefficient (Wildman–Crippen LogP) is 5.21. The van der Waals surface area contributed by atoms with E-state index in [2.05, 4.69) is 16.4 Å². The summed E-state index contributed by atoms with van der Waals surface area (Å²) < 4.78 is 6.59. The lowest BCUT2D eigenvalue weighted by Crippen LogP contribution is -2.48. The molecule has 0 radical (unpaired) electrons. The molecule has 0 spiro atoms. The van der Waals surface area contributed by atoms with Gasteiger partial charge in [0.05, 0.1) is 22.7 Å². The minimum atomic E-state index is -0.351. The zero-order valence-electron chi connectivity index (χ0n) is 18.7. The van der Waals surface area contributed by atoms with E-state index in [9.17, 15) is 9.59 Å². The Morgan fingerprint density at radius 3 is 2.69 bits per heavy atom. The van der Waals surface area contributed by atoms with E-state index in [0.29, 0.717) is 11.6 Å². The van der Waals surface area contributed by atoms with Gasteiger partial charge in [-0.15, -0.1) is 11.3 Å². The number of hydrogen-bond acceptors (Lipinski definition) is 5. The van der Waals surface area contributed by atoms with E-state index in [-0.39, 0.29) is 37.0 Å². The van der Waals surface area contributed by atoms with Gasteiger partial charge in [-0.3, -0.25) is 4.79 Å². The van der Waals surface area contributed by atoms with Gasteiger partial charge >= 0.3 is 12.0 Å². The van der Waals surface area contributed by atoms with Gasteiger partial charge in [-0.1, -0.05) is 49.7 Å². The van der Waals surface area contributed by atoms with Gasteiger partial charge in [-0.25, -0.2) is 9.78 Å². The molecule has 1 atom stereocenters. The van der Waals surface area contributed by atoms with Crippen LogP contribution in [0.1, 0.15) is 30.0 Å². The number of amides is 2. The van der Waals surface area contributed by atoms with Crippen LogP contribution in [0.25, 0.3) is 10.2 Å². The zero-order valence-corrected chi connectivity index (χ0v) is 20.3. The van der Waals surface area contributed by atoms with E-state index in [1.165, 1.54) is 11.3 Å². The first-order valence-electron chi connectivity index (χ1n) is 10.5. The van der Waals surface area contributed by atoms with Crippen LogP contribution in [0, 0.1) is 12.8 Å². The standard InChI is InChI=1S/C24H28ClN3O3S/c1-15(2)20(28(4)24(30)26-13-17-7-5-6-8-18(17)25)14-31-23(29)12-22-27-19-10-9-16(3)11-21(19)32-22/h5-11,15,20H,12-14H2,1-4H3,(H,26,30)/t20-/m1/s1. The highest BCUT2D eigenvalue weighted by Gasteiger charge is 2.25. The van der Waals surface area contributed by atoms with Crippen molar-refractivity contribution < 1.29 is 14.3 Å². The van der Waals surface area contributed by atoms with Crippen LogP contribution in [-0.2, 0) is 22.5 Å². The van der Waals surface area contributed by atoms with Crippen LogP contribution in [0.3, 0.4) is 0 Å². The summed E-state index contributed by atoms with van der Waals surface area (Å²) in [5, 5.41) is 4.21. The van der Waals surface area contributed by atoms with Crippen molar-refractivity contribution >= 4 is 45.2 Å². The third-order valence-corrected chi connectivity index (χ3v) is 6.66. The molecule has 3 aromatic rings. The molecule has 0 aliphatic carbocycles. The number of ether oxygens (including phenoxy) is 1. The van der Waals surface area contributed by atoms with Crippen LogP contribution >= 0.6 is 22.9 Å². The molecule has 0 bridgehead atoms. The number of carbonyl (C=O) groups excluding carboxylic acids is 2. The number of halogens is 1. The summed E-state index contributed by atoms with van der Waals surface area (Å²) in [5.74, 6) is -0.249. The number of nitrogens with zero attached hydrogens (tertiary/aromatic N) is 2. The first-order valence-corrected chi connectivity index (χ1v) is 11.7. The number of nitrogens with one attached hydrogen (secondary N) is 1. The van der Waals surface area contributed by atoms with E-state index in [1.807, 2.05) is 51.1 Å². The molecule has 0 saturated heterocycles. The lowest BCUT2D eigenvalue weighted by molar-refractivity contribution is -0.144. The molecular weight excluding hydrogens is 446 g/mol. The molecule has 2 amide bonds. The average molecular weight is 474 g/mol. The first-order chi connectivity index (χ1) is 15.2. The molecule has 3 rings (SSSR count). The minimum Gasteiger partial charge on any atom is -0.463 e. The van der Waals surface area contributed by atoms with Crippen molar-refractivity contribution in [1.82, 2.24) is 15.2 Å². The van der Waals surface area contributed by atoms with Crippen molar-refractivity contribution in [3.63, 3.8) is 0 Å². The number of thiazole rings is 1. The Hall–Kier alpha value is -2.64. The number of carbonyl (C=O) groups is 2. The minimum absolute atomic E-state index is 0.101. The monoisotopic (exact) mass is 473 g/mol. The van der Waals surface area contributed by atoms with E-state index < -0.39 is 0 Å². The largest absolute Gasteiger partial charge is 0.463 e. The molecule has 32 heavy (non-hydrogen) atoms. The topological polar surface area (TPSA) is 71.5 Å². The Morgan fingerprint density at radius 2 is 1.97 bits per heavy atom. The Bertz CT molecular complexity index is 1100. The average Bonchev–Trinajstić information content (AvgIpc) is 3.13. The van der Waals surface area contributed by atoms with Crippen LogP contribution in [0.5, 0.6) is 0 Å². The summed E-state index contributed by atoms with van der Waals surface area (Å²) in [6, 6.07) is 12.9. The molecule has 0 saturated carbocycles. The number of rotatable bonds is 8. The zero-order chi connectivity index (χ0) is 23.3. The Labute approximate surface area is 197 Å². The van der Waals surface area contributed by atoms with E-state index in [4.69, 9.17) is 16.3 Å². The highest BCUT2D eigenvalue weighted by molar-refractivity contribution is 7.18. The number of aryl methyl sites for hydroxylation is 1. The maximum atomic E-state index is 12.7. The molecule has 6 nitrogen and oxygen atoms in total. The Balaban J connectivity index is 1.54. The number of aromatic nitrogens is 1. The van der Waals surface area contributed by atoms with E-state index >= 15 is 0 Å². The fraction of sp³-hybridized carbons (Fsp3) is 0.375. The summed E-state index contributed by atoms with van der Waals surface area (Å²) in [7, 11) is 1.70. The number of fused-ring (bicyclic) bond motifs is 1. The van der Waals surface area contributed by atoms with Crippen LogP contribution in [-0.4, -0.2) is 41.6 Å². The highest BCUT2D eigenvalue weighted by atomic mass is 35.5. The van der Waals surface area contributed by atoms with Gasteiger partial charge in [-0.2, -0.15) is 0 Å². The third kappa shape index (κ3) is 6.20. The van der Waals surface area contributed by atoms with Crippen molar-refractivity contribution in [2.75, 3.05) is 13.7 Å². The van der Waals surface area contributed by atoms with Crippen molar-refractivity contribution in [3.05, 3.63) is 63.6 Å². The molecule has 0 unspecified atom stereocenters. The Kier molecular flexibility index (Phi) is 8.10. The van der Waals surface area contributed by atoms with Gasteiger partial charge < -0.3 is 15.0 Å². The third-order valence-electron chi connectivity index (χ3n) is 5.27. The second kappa shape index (κ2) is 10.8. The van der Waals surface area contributed by atoms with Crippen LogP contribution in [0.15, 0.2) is 42.5 Å². The molecule has 0 aliphatic rings. The smallest absolute Gasteiger partial charge is 0.317 e. The molecule has 170 valence electrons. The summed E-state index contributed by atoms with van der Waals surface area (Å²) in [4.78, 5) is 31.2. The number of urea groups is 1. The molecule has 1 heterocycles. The van der Waals surface area contributed by atoms with Crippen molar-refractivity contribution in [2.45, 2.75) is 39.8 Å². The predicted molar refractivity (Wildman–Crippen MR) is 129 cm³/mol. The van der Waals surface area contributed by atoms with Crippen LogP contribution in [0.4, 0.5) is 4.79 Å². The SMILES string of the molecule is Cc1ccc2nc(CC(=O)OC[C@H](C(C)C)N(C)C(=O)NCc3ccccc3Cl)sc2c1. The highest BCUT2D eigenvalue weighted by Crippen LogP contribution is 2.24. The second-order valence-electron chi connectivity index (χ2n) is 8.11. The second-order valence-corrected chi connectivity index (χ2v) is 9.63. The normalized spacial score (nSPS) is 12.1. The maximum Gasteiger partial charge on any atom is 0.317 e. The maximum absolute atomic E-state index is 12.7. The van der Waals surface area contributed by atoms with Crippen LogP contribution < -0.4 is 5.32 Å². The lowest BCUT2D eigenvalue weighted by Gasteiger charge is -2.31. The quantitative estimate of drug-likeness (QED) is 0.456. The molecule has 2 aromatic carbocycles. The molecule has 1 N–H and O–H groups in total. The van der Waals surface area contributed by atoms with Crippen LogP contribution in [0.2, 0.25) is 5.02 Å². The number of likely N-dealkylation sites (N-methyl/N-ethyl adjacent to an activating group) is 1. The van der Waals surface area contributed by atoms with Gasteiger partial charge in [-0.05, 0) is 42.2 Å². The van der Waals surface area contributed by atoms with Gasteiger partial charge in [0, 0.05) is 18.6 Å². The van der Waals surface area contributed by atoms with E-state index in [1.54, 1.807) is 18.0 Å². The summed E-state index contributed by atoms with van der Waals surface area (Å²) in [6.45, 7) is 6.46. The van der Waals surface area contributed by atoms with Gasteiger partial charge in [0.25, 0.3) is 0 Å². The van der Waals surface area contributed by atoms with Crippen molar-refractivity contribution in [2.24, 2.45) is 5.92 Å². The van der Waals surface area contributed by atoms with Gasteiger partial charge in [0.1, 0.15) is 11.6 Å². The lowest BCUT2D eigenvalue weighted by atomic mass is 10.0. The molecule has 1 aromatic heterocycles.